The van der Waals surface area contributed by atoms with E-state index in [0.717, 1.165) is 0 Å². The van der Waals surface area contributed by atoms with Gasteiger partial charge in [0.2, 0.25) is 17.7 Å². The number of nitrogens with one attached hydrogen (secondary N) is 3. The van der Waals surface area contributed by atoms with Gasteiger partial charge in [-0.3, -0.25) is 19.2 Å². The van der Waals surface area contributed by atoms with Crippen LogP contribution in [0.1, 0.15) is 26.7 Å². The highest BCUT2D eigenvalue weighted by Crippen LogP contribution is 1.99. The van der Waals surface area contributed by atoms with E-state index in [0.29, 0.717) is 0 Å². The highest BCUT2D eigenvalue weighted by Gasteiger charge is 2.26. The minimum atomic E-state index is -1.42. The minimum absolute atomic E-state index is 0.317. The third-order valence-electron chi connectivity index (χ3n) is 3.30. The lowest BCUT2D eigenvalue weighted by Crippen LogP contribution is -2.55. The highest BCUT2D eigenvalue weighted by molar-refractivity contribution is 5.93. The van der Waals surface area contributed by atoms with Crippen molar-refractivity contribution in [2.45, 2.75) is 50.9 Å². The fraction of sp³-hybridized carbons (Fsp3) is 0.643. The molecule has 3 amide bonds. The fourth-order valence-corrected chi connectivity index (χ4v) is 1.69. The molecule has 4 unspecified atom stereocenters. The number of carboxylic acids is 2. The maximum absolute atomic E-state index is 12.0. The molecule has 148 valence electrons. The van der Waals surface area contributed by atoms with Crippen LogP contribution >= 0.6 is 0 Å². The molecule has 0 spiro atoms. The second kappa shape index (κ2) is 11.0. The predicted molar refractivity (Wildman–Crippen MR) is 86.7 cm³/mol. The molecule has 0 saturated carbocycles. The number of aliphatic hydroxyl groups excluding tert-OH is 1. The molecule has 0 aromatic rings. The highest BCUT2D eigenvalue weighted by atomic mass is 16.4. The van der Waals surface area contributed by atoms with Crippen molar-refractivity contribution in [1.29, 1.82) is 0 Å². The topological polar surface area (TPSA) is 208 Å². The van der Waals surface area contributed by atoms with Crippen molar-refractivity contribution in [2.75, 3.05) is 6.61 Å². The molecule has 0 aliphatic heterocycles. The van der Waals surface area contributed by atoms with Gasteiger partial charge in [0.15, 0.2) is 0 Å². The number of nitrogens with two attached hydrogens (primary N) is 1. The van der Waals surface area contributed by atoms with Gasteiger partial charge in [-0.2, -0.15) is 0 Å². The summed E-state index contributed by atoms with van der Waals surface area (Å²) in [5.74, 6) is -4.94. The normalized spacial score (nSPS) is 15.1. The zero-order valence-corrected chi connectivity index (χ0v) is 14.4. The quantitative estimate of drug-likeness (QED) is 0.193. The number of carbonyl (C=O) groups excluding carboxylic acids is 3. The Bertz CT molecular complexity index is 553. The van der Waals surface area contributed by atoms with Crippen molar-refractivity contribution < 1.29 is 39.3 Å². The number of hydrogen-bond acceptors (Lipinski definition) is 7. The van der Waals surface area contributed by atoms with Gasteiger partial charge in [-0.15, -0.1) is 0 Å². The number of carboxylic acid groups (broad SMARTS) is 2. The van der Waals surface area contributed by atoms with Gasteiger partial charge in [0, 0.05) is 6.42 Å². The van der Waals surface area contributed by atoms with Gasteiger partial charge in [0.1, 0.15) is 24.2 Å². The first kappa shape index (κ1) is 23.3. The van der Waals surface area contributed by atoms with Gasteiger partial charge in [-0.05, 0) is 20.3 Å². The lowest BCUT2D eigenvalue weighted by atomic mass is 10.1. The molecule has 0 radical (unpaired) electrons. The molecular weight excluding hydrogens is 352 g/mol. The summed E-state index contributed by atoms with van der Waals surface area (Å²) >= 11 is 0. The van der Waals surface area contributed by atoms with Crippen LogP contribution in [0.3, 0.4) is 0 Å². The number of aliphatic hydroxyl groups is 1. The molecule has 0 aromatic heterocycles. The number of rotatable bonds is 11. The van der Waals surface area contributed by atoms with E-state index in [1.54, 1.807) is 0 Å². The van der Waals surface area contributed by atoms with Crippen molar-refractivity contribution in [2.24, 2.45) is 5.73 Å². The lowest BCUT2D eigenvalue weighted by Gasteiger charge is -2.21. The van der Waals surface area contributed by atoms with E-state index < -0.39 is 66.9 Å². The number of carbonyl (C=O) groups is 5. The SMILES string of the molecule is CC(NC(=O)C(N)CO)C(=O)NC(C)C(=O)NC(CCC(=O)O)C(=O)O. The summed E-state index contributed by atoms with van der Waals surface area (Å²) in [7, 11) is 0. The van der Waals surface area contributed by atoms with Gasteiger partial charge in [-0.1, -0.05) is 0 Å². The smallest absolute Gasteiger partial charge is 0.326 e. The summed E-state index contributed by atoms with van der Waals surface area (Å²) in [6.07, 6.45) is -0.769. The monoisotopic (exact) mass is 376 g/mol. The maximum atomic E-state index is 12.0. The molecule has 0 fully saturated rings. The summed E-state index contributed by atoms with van der Waals surface area (Å²) in [5.41, 5.74) is 5.29. The van der Waals surface area contributed by atoms with Crippen LogP contribution in [0.4, 0.5) is 0 Å². The molecule has 8 N–H and O–H groups in total. The van der Waals surface area contributed by atoms with E-state index in [1.165, 1.54) is 13.8 Å². The standard InChI is InChI=1S/C14H24N4O8/c1-6(17-13(24)8(15)5-19)11(22)16-7(2)12(23)18-9(14(25)26)3-4-10(20)21/h6-9,19H,3-5,15H2,1-2H3,(H,16,22)(H,17,24)(H,18,23)(H,20,21)(H,25,26). The molecule has 0 heterocycles. The van der Waals surface area contributed by atoms with Crippen molar-refractivity contribution in [3.8, 4) is 0 Å². The molecule has 0 saturated heterocycles. The molecule has 0 aromatic carbocycles. The second-order valence-corrected chi connectivity index (χ2v) is 5.58. The van der Waals surface area contributed by atoms with E-state index in [1.807, 2.05) is 0 Å². The van der Waals surface area contributed by atoms with Crippen LogP contribution in [0.25, 0.3) is 0 Å². The van der Waals surface area contributed by atoms with Crippen LogP contribution in [-0.4, -0.2) is 75.8 Å². The average molecular weight is 376 g/mol. The molecule has 0 rings (SSSR count). The van der Waals surface area contributed by atoms with Gasteiger partial charge >= 0.3 is 11.9 Å². The Morgan fingerprint density at radius 3 is 1.77 bits per heavy atom. The third-order valence-corrected chi connectivity index (χ3v) is 3.30. The molecule has 0 aliphatic rings. The van der Waals surface area contributed by atoms with Crippen molar-refractivity contribution in [3.63, 3.8) is 0 Å². The summed E-state index contributed by atoms with van der Waals surface area (Å²) < 4.78 is 0. The fourth-order valence-electron chi connectivity index (χ4n) is 1.69. The average Bonchev–Trinajstić information content (AvgIpc) is 2.56. The molecule has 12 nitrogen and oxygen atoms in total. The van der Waals surface area contributed by atoms with Crippen LogP contribution in [0.5, 0.6) is 0 Å². The number of hydrogen-bond donors (Lipinski definition) is 7. The van der Waals surface area contributed by atoms with Gasteiger partial charge in [0.05, 0.1) is 6.61 Å². The van der Waals surface area contributed by atoms with Crippen LogP contribution in [0, 0.1) is 0 Å². The number of aliphatic carboxylic acids is 2. The first-order chi connectivity index (χ1) is 12.0. The van der Waals surface area contributed by atoms with Crippen molar-refractivity contribution in [1.82, 2.24) is 16.0 Å². The zero-order chi connectivity index (χ0) is 20.4. The Morgan fingerprint density at radius 2 is 1.35 bits per heavy atom. The Morgan fingerprint density at radius 1 is 0.885 bits per heavy atom. The molecule has 12 heteroatoms. The summed E-state index contributed by atoms with van der Waals surface area (Å²) in [4.78, 5) is 56.9. The molecule has 26 heavy (non-hydrogen) atoms. The Hall–Kier alpha value is -2.73. The third kappa shape index (κ3) is 8.39. The predicted octanol–water partition coefficient (Wildman–Crippen LogP) is -3.25. The zero-order valence-electron chi connectivity index (χ0n) is 14.4. The van der Waals surface area contributed by atoms with Crippen molar-refractivity contribution >= 4 is 29.7 Å². The number of amides is 3. The summed E-state index contributed by atoms with van der Waals surface area (Å²) in [6, 6.07) is -4.81. The van der Waals surface area contributed by atoms with Crippen LogP contribution in [0.15, 0.2) is 0 Å². The Balaban J connectivity index is 4.62. The van der Waals surface area contributed by atoms with E-state index in [9.17, 15) is 24.0 Å². The molecule has 0 bridgehead atoms. The maximum Gasteiger partial charge on any atom is 0.326 e. The Labute approximate surface area is 149 Å². The first-order valence-corrected chi connectivity index (χ1v) is 7.71. The second-order valence-electron chi connectivity index (χ2n) is 5.58. The lowest BCUT2D eigenvalue weighted by molar-refractivity contribution is -0.143. The van der Waals surface area contributed by atoms with Crippen LogP contribution < -0.4 is 21.7 Å². The Kier molecular flexibility index (Phi) is 9.84. The summed E-state index contributed by atoms with van der Waals surface area (Å²) in [6.45, 7) is 2.01. The van der Waals surface area contributed by atoms with E-state index in [4.69, 9.17) is 21.1 Å². The molecule has 0 aliphatic carbocycles. The largest absolute Gasteiger partial charge is 0.481 e. The van der Waals surface area contributed by atoms with Gasteiger partial charge < -0.3 is 37.0 Å². The summed E-state index contributed by atoms with van der Waals surface area (Å²) in [5, 5.41) is 33.0. The van der Waals surface area contributed by atoms with E-state index in [2.05, 4.69) is 16.0 Å². The van der Waals surface area contributed by atoms with Crippen LogP contribution in [-0.2, 0) is 24.0 Å². The van der Waals surface area contributed by atoms with E-state index in [-0.39, 0.29) is 6.42 Å². The molecule has 4 atom stereocenters. The molecular formula is C14H24N4O8. The van der Waals surface area contributed by atoms with E-state index >= 15 is 0 Å². The van der Waals surface area contributed by atoms with Crippen LogP contribution in [0.2, 0.25) is 0 Å². The van der Waals surface area contributed by atoms with Gasteiger partial charge in [0.25, 0.3) is 0 Å². The van der Waals surface area contributed by atoms with Crippen molar-refractivity contribution in [3.05, 3.63) is 0 Å². The minimum Gasteiger partial charge on any atom is -0.481 e. The van der Waals surface area contributed by atoms with Gasteiger partial charge in [-0.25, -0.2) is 4.79 Å². The first-order valence-electron chi connectivity index (χ1n) is 7.71.